The van der Waals surface area contributed by atoms with Crippen LogP contribution in [-0.2, 0) is 4.74 Å². The topological polar surface area (TPSA) is 58.6 Å². The van der Waals surface area contributed by atoms with E-state index in [0.29, 0.717) is 11.0 Å². The van der Waals surface area contributed by atoms with Crippen molar-refractivity contribution >= 4 is 27.7 Å². The van der Waals surface area contributed by atoms with Crippen molar-refractivity contribution < 1.29 is 14.6 Å². The Hall–Kier alpha value is -1.07. The Bertz CT molecular complexity index is 454. The van der Waals surface area contributed by atoms with E-state index < -0.39 is 17.8 Å². The van der Waals surface area contributed by atoms with E-state index in [4.69, 9.17) is 4.74 Å². The number of nitrogens with one attached hydrogen (secondary N) is 1. The number of ether oxygens (including phenoxy) is 1. The van der Waals surface area contributed by atoms with E-state index in [1.165, 1.54) is 0 Å². The fraction of sp³-hybridized carbons (Fsp3) is 0.500. The molecule has 106 valence electrons. The van der Waals surface area contributed by atoms with Gasteiger partial charge in [0.05, 0.1) is 6.10 Å². The highest BCUT2D eigenvalue weighted by Gasteiger charge is 2.17. The summed E-state index contributed by atoms with van der Waals surface area (Å²) in [5.74, 6) is 0. The van der Waals surface area contributed by atoms with Crippen LogP contribution in [0.5, 0.6) is 0 Å². The molecule has 0 saturated carbocycles. The van der Waals surface area contributed by atoms with Crippen molar-refractivity contribution in [3.05, 3.63) is 29.3 Å². The first-order chi connectivity index (χ1) is 8.73. The Morgan fingerprint density at radius 2 is 2.11 bits per heavy atom. The zero-order valence-electron chi connectivity index (χ0n) is 11.7. The fourth-order valence-electron chi connectivity index (χ4n) is 1.54. The summed E-state index contributed by atoms with van der Waals surface area (Å²) in [5.41, 5.74) is 1.84. The number of aryl methyl sites for hydroxylation is 1. The van der Waals surface area contributed by atoms with Gasteiger partial charge in [-0.2, -0.15) is 0 Å². The minimum absolute atomic E-state index is 0.477. The number of hydrogen-bond acceptors (Lipinski definition) is 3. The molecule has 1 amide bonds. The van der Waals surface area contributed by atoms with Gasteiger partial charge in [-0.3, -0.25) is 5.32 Å². The van der Waals surface area contributed by atoms with E-state index in [2.05, 4.69) is 21.2 Å². The van der Waals surface area contributed by atoms with Gasteiger partial charge < -0.3 is 9.84 Å². The maximum atomic E-state index is 11.7. The first-order valence-corrected chi connectivity index (χ1v) is 7.19. The lowest BCUT2D eigenvalue weighted by Gasteiger charge is -2.20. The number of alkyl halides is 1. The Morgan fingerprint density at radius 1 is 1.47 bits per heavy atom. The van der Waals surface area contributed by atoms with Gasteiger partial charge in [-0.15, -0.1) is 0 Å². The summed E-state index contributed by atoms with van der Waals surface area (Å²) in [6.07, 6.45) is -1.03. The lowest BCUT2D eigenvalue weighted by Crippen LogP contribution is -2.27. The summed E-state index contributed by atoms with van der Waals surface area (Å²) >= 11 is 3.23. The summed E-state index contributed by atoms with van der Waals surface area (Å²) in [5, 5.41) is 12.9. The van der Waals surface area contributed by atoms with Gasteiger partial charge in [0, 0.05) is 11.0 Å². The van der Waals surface area contributed by atoms with E-state index in [0.717, 1.165) is 11.1 Å². The molecule has 1 atom stereocenters. The van der Waals surface area contributed by atoms with Crippen molar-refractivity contribution in [3.63, 3.8) is 0 Å². The molecule has 0 aliphatic rings. The average Bonchev–Trinajstić information content (AvgIpc) is 2.28. The number of carbonyl (C=O) groups is 1. The zero-order chi connectivity index (χ0) is 14.6. The molecule has 19 heavy (non-hydrogen) atoms. The van der Waals surface area contributed by atoms with Crippen LogP contribution >= 0.6 is 15.9 Å². The molecule has 1 rings (SSSR count). The van der Waals surface area contributed by atoms with Crippen molar-refractivity contribution in [1.29, 1.82) is 0 Å². The predicted octanol–water partition coefficient (Wildman–Crippen LogP) is 3.77. The molecule has 5 heteroatoms. The molecule has 0 heterocycles. The van der Waals surface area contributed by atoms with E-state index in [-0.39, 0.29) is 0 Å². The molecule has 0 aliphatic carbocycles. The van der Waals surface area contributed by atoms with Crippen molar-refractivity contribution in [2.45, 2.75) is 39.4 Å². The van der Waals surface area contributed by atoms with Crippen LogP contribution < -0.4 is 5.32 Å². The molecule has 1 unspecified atom stereocenters. The Balaban J connectivity index is 2.78. The number of aliphatic hydroxyl groups is 1. The fourth-order valence-corrected chi connectivity index (χ4v) is 1.91. The third-order valence-electron chi connectivity index (χ3n) is 2.42. The molecule has 2 N–H and O–H groups in total. The number of aliphatic hydroxyl groups excluding tert-OH is 1. The second kappa shape index (κ2) is 6.39. The van der Waals surface area contributed by atoms with E-state index in [1.54, 1.807) is 12.1 Å². The van der Waals surface area contributed by atoms with Crippen LogP contribution in [0.4, 0.5) is 10.5 Å². The Kier molecular flexibility index (Phi) is 5.38. The summed E-state index contributed by atoms with van der Waals surface area (Å²) in [4.78, 5) is 11.7. The molecule has 1 aromatic carbocycles. The SMILES string of the molecule is Cc1cc(C(O)CBr)ccc1NC(=O)OC(C)(C)C. The molecule has 0 bridgehead atoms. The molecular formula is C14H20BrNO3. The summed E-state index contributed by atoms with van der Waals surface area (Å²) < 4.78 is 5.19. The van der Waals surface area contributed by atoms with Gasteiger partial charge in [0.25, 0.3) is 0 Å². The van der Waals surface area contributed by atoms with Gasteiger partial charge in [-0.1, -0.05) is 28.1 Å². The predicted molar refractivity (Wildman–Crippen MR) is 79.8 cm³/mol. The van der Waals surface area contributed by atoms with Crippen LogP contribution in [0.2, 0.25) is 0 Å². The second-order valence-electron chi connectivity index (χ2n) is 5.37. The maximum Gasteiger partial charge on any atom is 0.412 e. The molecule has 1 aromatic rings. The monoisotopic (exact) mass is 329 g/mol. The van der Waals surface area contributed by atoms with Crippen LogP contribution in [0, 0.1) is 6.92 Å². The molecule has 0 aromatic heterocycles. The van der Waals surface area contributed by atoms with Gasteiger partial charge in [0.1, 0.15) is 5.60 Å². The van der Waals surface area contributed by atoms with Crippen molar-refractivity contribution in [2.24, 2.45) is 0 Å². The van der Waals surface area contributed by atoms with Crippen LogP contribution in [-0.4, -0.2) is 22.1 Å². The highest BCUT2D eigenvalue weighted by Crippen LogP contribution is 2.22. The van der Waals surface area contributed by atoms with Gasteiger partial charge in [0.2, 0.25) is 0 Å². The van der Waals surface area contributed by atoms with Gasteiger partial charge in [-0.25, -0.2) is 4.79 Å². The molecule has 4 nitrogen and oxygen atoms in total. The van der Waals surface area contributed by atoms with Gasteiger partial charge >= 0.3 is 6.09 Å². The lowest BCUT2D eigenvalue weighted by atomic mass is 10.1. The number of halogens is 1. The highest BCUT2D eigenvalue weighted by atomic mass is 79.9. The quantitative estimate of drug-likeness (QED) is 0.830. The van der Waals surface area contributed by atoms with Crippen LogP contribution in [0.25, 0.3) is 0 Å². The lowest BCUT2D eigenvalue weighted by molar-refractivity contribution is 0.0636. The van der Waals surface area contributed by atoms with Crippen molar-refractivity contribution in [3.8, 4) is 0 Å². The van der Waals surface area contributed by atoms with Crippen LogP contribution in [0.3, 0.4) is 0 Å². The Labute approximate surface area is 122 Å². The van der Waals surface area contributed by atoms with Crippen LogP contribution in [0.15, 0.2) is 18.2 Å². The number of hydrogen-bond donors (Lipinski definition) is 2. The third kappa shape index (κ3) is 5.20. The number of carbonyl (C=O) groups excluding carboxylic acids is 1. The largest absolute Gasteiger partial charge is 0.444 e. The maximum absolute atomic E-state index is 11.7. The standard InChI is InChI=1S/C14H20BrNO3/c1-9-7-10(12(17)8-15)5-6-11(9)16-13(18)19-14(2,3)4/h5-7,12,17H,8H2,1-4H3,(H,16,18). The molecular weight excluding hydrogens is 310 g/mol. The number of benzene rings is 1. The molecule has 0 radical (unpaired) electrons. The second-order valence-corrected chi connectivity index (χ2v) is 6.02. The minimum Gasteiger partial charge on any atom is -0.444 e. The number of anilines is 1. The summed E-state index contributed by atoms with van der Waals surface area (Å²) in [7, 11) is 0. The molecule has 0 fully saturated rings. The summed E-state index contributed by atoms with van der Waals surface area (Å²) in [6.45, 7) is 7.32. The van der Waals surface area contributed by atoms with E-state index in [9.17, 15) is 9.90 Å². The summed E-state index contributed by atoms with van der Waals surface area (Å²) in [6, 6.07) is 5.39. The molecule has 0 saturated heterocycles. The average molecular weight is 330 g/mol. The smallest absolute Gasteiger partial charge is 0.412 e. The molecule has 0 aliphatic heterocycles. The first-order valence-electron chi connectivity index (χ1n) is 6.07. The van der Waals surface area contributed by atoms with E-state index in [1.807, 2.05) is 33.8 Å². The van der Waals surface area contributed by atoms with Crippen molar-refractivity contribution in [1.82, 2.24) is 0 Å². The first kappa shape index (κ1) is 16.0. The Morgan fingerprint density at radius 3 is 2.58 bits per heavy atom. The zero-order valence-corrected chi connectivity index (χ0v) is 13.2. The van der Waals surface area contributed by atoms with E-state index >= 15 is 0 Å². The molecule has 0 spiro atoms. The van der Waals surface area contributed by atoms with Gasteiger partial charge in [-0.05, 0) is 44.9 Å². The van der Waals surface area contributed by atoms with Crippen molar-refractivity contribution in [2.75, 3.05) is 10.6 Å². The minimum atomic E-state index is -0.547. The normalized spacial score (nSPS) is 12.9. The number of amides is 1. The highest BCUT2D eigenvalue weighted by molar-refractivity contribution is 9.09. The third-order valence-corrected chi connectivity index (χ3v) is 3.03. The van der Waals surface area contributed by atoms with Gasteiger partial charge in [0.15, 0.2) is 0 Å². The van der Waals surface area contributed by atoms with Crippen LogP contribution in [0.1, 0.15) is 38.0 Å². The number of rotatable bonds is 3.